The second-order valence-corrected chi connectivity index (χ2v) is 41.5. The van der Waals surface area contributed by atoms with Crippen molar-refractivity contribution in [2.24, 2.45) is 4.99 Å². The normalized spacial score (nSPS) is 11.5. The fourth-order valence-corrected chi connectivity index (χ4v) is 25.3. The minimum absolute atomic E-state index is 0.0249. The fourth-order valence-electron chi connectivity index (χ4n) is 7.76. The minimum Gasteiger partial charge on any atom is -0.460 e. The molecule has 93 heavy (non-hydrogen) atoms. The number of amides is 2. The summed E-state index contributed by atoms with van der Waals surface area (Å²) in [4.78, 5) is 106. The molecule has 0 aliphatic carbocycles. The summed E-state index contributed by atoms with van der Waals surface area (Å²) in [6.07, 6.45) is 9.11. The number of aliphatic hydroxyl groups is 2. The van der Waals surface area contributed by atoms with E-state index in [0.29, 0.717) is 39.6 Å². The zero-order chi connectivity index (χ0) is 71.5. The van der Waals surface area contributed by atoms with Crippen LogP contribution < -0.4 is 10.6 Å². The van der Waals surface area contributed by atoms with Crippen molar-refractivity contribution in [2.45, 2.75) is 140 Å². The van der Waals surface area contributed by atoms with E-state index < -0.39 is 97.9 Å². The highest BCUT2D eigenvalue weighted by atomic mass is 28.4. The molecule has 0 spiro atoms. The average Bonchev–Trinajstić information content (AvgIpc) is 1.82. The summed E-state index contributed by atoms with van der Waals surface area (Å²) in [7, 11) is -7.27. The van der Waals surface area contributed by atoms with Gasteiger partial charge in [-0.15, -0.1) is 0 Å². The maximum absolute atomic E-state index is 12.4. The highest BCUT2D eigenvalue weighted by Crippen LogP contribution is 2.25. The summed E-state index contributed by atoms with van der Waals surface area (Å²) in [5.74, 6) is -4.14. The third-order valence-corrected chi connectivity index (χ3v) is 27.1. The summed E-state index contributed by atoms with van der Waals surface area (Å²) in [5, 5.41) is 22.4. The summed E-state index contributed by atoms with van der Waals surface area (Å²) in [6, 6.07) is 3.93. The number of aliphatic imine (C=N–C) groups is 1. The Morgan fingerprint density at radius 1 is 0.387 bits per heavy atom. The van der Waals surface area contributed by atoms with Crippen LogP contribution in [0.1, 0.15) is 46.5 Å². The van der Waals surface area contributed by atoms with Crippen LogP contribution in [0.4, 0.5) is 9.59 Å². The van der Waals surface area contributed by atoms with Gasteiger partial charge in [0.05, 0.1) is 39.6 Å². The summed E-state index contributed by atoms with van der Waals surface area (Å²) < 4.78 is 74.9. The third-order valence-electron chi connectivity index (χ3n) is 12.1. The minimum atomic E-state index is -2.00. The number of hydrogen-bond acceptors (Lipinski definition) is 26. The number of hydrogen-bond donors (Lipinski definition) is 4. The van der Waals surface area contributed by atoms with E-state index >= 15 is 0 Å². The third kappa shape index (κ3) is 53.8. The molecule has 32 heteroatoms. The van der Waals surface area contributed by atoms with Crippen molar-refractivity contribution in [3.63, 3.8) is 0 Å². The molecule has 0 saturated carbocycles. The van der Waals surface area contributed by atoms with Crippen molar-refractivity contribution >= 4 is 87.4 Å². The lowest BCUT2D eigenvalue weighted by Crippen LogP contribution is -2.53. The van der Waals surface area contributed by atoms with Gasteiger partial charge in [-0.05, 0) is 123 Å². The van der Waals surface area contributed by atoms with Crippen LogP contribution in [-0.4, -0.2) is 233 Å². The lowest BCUT2D eigenvalue weighted by Gasteiger charge is -2.34. The molecule has 0 saturated heterocycles. The predicted octanol–water partition coefficient (Wildman–Crippen LogP) is 6.86. The van der Waals surface area contributed by atoms with Gasteiger partial charge in [-0.2, -0.15) is 4.99 Å². The standard InChI is InChI=1S/C36H60N2O15Si2.C14H34O5Si2.C11H13NO5/c1-11-29(39)49-25-35(5,26-50-30(40)12-2)37-33(43)47-21-19-45-17-15-23-54(7,8)53-55(9,10)24-16-18-46-20-22-48-34(44)38-36(6,27-51-31(41)13-3)28-52-32(42)14-4;1-20(2,13-5-9-17-11-7-15)19-21(3,4)14-6-10-18-12-8-16;1-4-9(14)16-6-11(3,12-8-13)7-17-10(15)5-2/h11-14H,1-4,15-28H2,5-10H3,(H,37,43)(H,38,44);15-16H,5-14H2,1-4H3;4-5H,1-2,6-7H2,3H3. The Labute approximate surface area is 553 Å². The quantitative estimate of drug-likeness (QED) is 0.00918. The molecule has 532 valence electrons. The van der Waals surface area contributed by atoms with Crippen LogP contribution in [-0.2, 0) is 98.6 Å². The topological polar surface area (TPSA) is 360 Å². The monoisotopic (exact) mass is 1390 g/mol. The van der Waals surface area contributed by atoms with Crippen LogP contribution in [0, 0.1) is 0 Å². The van der Waals surface area contributed by atoms with Crippen molar-refractivity contribution in [3.8, 4) is 0 Å². The first kappa shape index (κ1) is 90.9. The molecule has 0 unspecified atom stereocenters. The van der Waals surface area contributed by atoms with Gasteiger partial charge in [-0.1, -0.05) is 39.5 Å². The van der Waals surface area contributed by atoms with Gasteiger partial charge in [0, 0.05) is 62.9 Å². The van der Waals surface area contributed by atoms with Crippen LogP contribution in [0.15, 0.2) is 80.9 Å². The van der Waals surface area contributed by atoms with Gasteiger partial charge < -0.3 is 85.9 Å². The Morgan fingerprint density at radius 3 is 0.849 bits per heavy atom. The summed E-state index contributed by atoms with van der Waals surface area (Å²) in [6.45, 7) is 44.0. The number of carbonyl (C=O) groups excluding carboxylic acids is 9. The molecule has 0 aromatic rings. The number of aliphatic hydroxyl groups excluding tert-OH is 2. The SMILES string of the molecule is C=CC(=O)OCC(C)(COC(=O)C=C)N=C=O.C=CC(=O)OCC(C)(COC(=O)C=C)NC(=O)OCCOCCC[Si](C)(C)O[Si](C)(C)CCCOCCOC(=O)NC(C)(COC(=O)C=C)COC(=O)C=C.C[Si](C)(CCCOCCO)O[Si](C)(C)CCCOCCO. The number of rotatable bonds is 51. The first-order valence-corrected chi connectivity index (χ1v) is 42.7. The molecule has 0 fully saturated rings. The van der Waals surface area contributed by atoms with Gasteiger partial charge in [0.15, 0.2) is 33.3 Å². The van der Waals surface area contributed by atoms with Gasteiger partial charge in [-0.25, -0.2) is 43.2 Å². The first-order valence-electron chi connectivity index (χ1n) is 30.2. The van der Waals surface area contributed by atoms with Crippen LogP contribution in [0.5, 0.6) is 0 Å². The Morgan fingerprint density at radius 2 is 0.624 bits per heavy atom. The van der Waals surface area contributed by atoms with Gasteiger partial charge in [-0.3, -0.25) is 0 Å². The molecule has 0 rings (SSSR count). The molecular formula is C61H107N3O25Si4. The highest BCUT2D eigenvalue weighted by Gasteiger charge is 2.35. The lowest BCUT2D eigenvalue weighted by atomic mass is 10.1. The van der Waals surface area contributed by atoms with Gasteiger partial charge >= 0.3 is 48.0 Å². The van der Waals surface area contributed by atoms with Crippen LogP contribution in [0.25, 0.3) is 0 Å². The van der Waals surface area contributed by atoms with E-state index in [1.807, 2.05) is 0 Å². The number of ether oxygens (including phenoxy) is 12. The molecule has 0 aromatic heterocycles. The molecule has 0 bridgehead atoms. The Balaban J connectivity index is -0.00000172. The fraction of sp³-hybridized carbons (Fsp3) is 0.656. The van der Waals surface area contributed by atoms with E-state index in [-0.39, 0.29) is 79.3 Å². The summed E-state index contributed by atoms with van der Waals surface area (Å²) in [5.41, 5.74) is -3.68. The van der Waals surface area contributed by atoms with Crippen LogP contribution in [0.3, 0.4) is 0 Å². The van der Waals surface area contributed by atoms with Crippen molar-refractivity contribution in [2.75, 3.05) is 119 Å². The van der Waals surface area contributed by atoms with Crippen molar-refractivity contribution in [1.82, 2.24) is 10.6 Å². The zero-order valence-electron chi connectivity index (χ0n) is 56.8. The van der Waals surface area contributed by atoms with E-state index in [1.54, 1.807) is 0 Å². The Kier molecular flexibility index (Phi) is 50.0. The molecule has 28 nitrogen and oxygen atoms in total. The van der Waals surface area contributed by atoms with Gasteiger partial charge in [0.25, 0.3) is 0 Å². The van der Waals surface area contributed by atoms with Crippen molar-refractivity contribution < 1.29 is 118 Å². The molecule has 0 aromatic carbocycles. The Bertz CT molecular complexity index is 2160. The van der Waals surface area contributed by atoms with E-state index in [2.05, 4.69) is 107 Å². The number of nitrogens with zero attached hydrogens (tertiary/aromatic N) is 1. The van der Waals surface area contributed by atoms with E-state index in [0.717, 1.165) is 86.3 Å². The maximum Gasteiger partial charge on any atom is 0.407 e. The first-order chi connectivity index (χ1) is 43.5. The molecule has 0 atom stereocenters. The van der Waals surface area contributed by atoms with Crippen LogP contribution >= 0.6 is 0 Å². The van der Waals surface area contributed by atoms with Crippen LogP contribution in [0.2, 0.25) is 76.6 Å². The summed E-state index contributed by atoms with van der Waals surface area (Å²) >= 11 is 0. The molecule has 0 heterocycles. The molecule has 0 aliphatic rings. The molecule has 0 radical (unpaired) electrons. The van der Waals surface area contributed by atoms with E-state index in [4.69, 9.17) is 75.3 Å². The Hall–Kier alpha value is -6.27. The van der Waals surface area contributed by atoms with Crippen molar-refractivity contribution in [3.05, 3.63) is 75.9 Å². The molecule has 4 N–H and O–H groups in total. The zero-order valence-corrected chi connectivity index (χ0v) is 60.8. The molecule has 0 aliphatic heterocycles. The van der Waals surface area contributed by atoms with Gasteiger partial charge in [0.1, 0.15) is 69.5 Å². The van der Waals surface area contributed by atoms with Crippen molar-refractivity contribution in [1.29, 1.82) is 0 Å². The van der Waals surface area contributed by atoms with E-state index in [9.17, 15) is 43.2 Å². The second-order valence-electron chi connectivity index (χ2n) is 23.8. The largest absolute Gasteiger partial charge is 0.460 e. The molecular weight excluding hydrogens is 1290 g/mol. The number of nitrogens with one attached hydrogen (secondary N) is 2. The van der Waals surface area contributed by atoms with Gasteiger partial charge in [0.2, 0.25) is 6.08 Å². The maximum atomic E-state index is 12.4. The number of alkyl carbamates (subject to hydrolysis) is 2. The highest BCUT2D eigenvalue weighted by molar-refractivity contribution is 6.85. The average molecular weight is 1390 g/mol. The van der Waals surface area contributed by atoms with E-state index in [1.165, 1.54) is 26.9 Å². The lowest BCUT2D eigenvalue weighted by molar-refractivity contribution is -0.146. The number of esters is 6. The molecule has 2 amide bonds. The number of carbonyl (C=O) groups is 8. The number of isocyanates is 1. The predicted molar refractivity (Wildman–Crippen MR) is 356 cm³/mol. The smallest absolute Gasteiger partial charge is 0.407 e. The second kappa shape index (κ2) is 51.1.